The topological polar surface area (TPSA) is 85.5 Å². The molecule has 0 amide bonds. The zero-order valence-corrected chi connectivity index (χ0v) is 8.82. The van der Waals surface area contributed by atoms with Gasteiger partial charge in [0, 0.05) is 6.20 Å². The van der Waals surface area contributed by atoms with Gasteiger partial charge in [0.2, 0.25) is 5.88 Å². The van der Waals surface area contributed by atoms with Crippen molar-refractivity contribution in [3.63, 3.8) is 0 Å². The average molecular weight is 288 g/mol. The van der Waals surface area contributed by atoms with Crippen LogP contribution in [0.5, 0.6) is 5.88 Å². The molecule has 0 radical (unpaired) electrons. The first-order valence-corrected chi connectivity index (χ1v) is 4.48. The maximum absolute atomic E-state index is 12.7. The Morgan fingerprint density at radius 3 is 2.42 bits per heavy atom. The van der Waals surface area contributed by atoms with Crippen molar-refractivity contribution in [3.05, 3.63) is 27.4 Å². The molecule has 0 aliphatic rings. The van der Waals surface area contributed by atoms with Gasteiger partial charge in [-0.25, -0.2) is 13.8 Å². The van der Waals surface area contributed by atoms with E-state index in [0.717, 1.165) is 0 Å². The van der Waals surface area contributed by atoms with E-state index in [-0.39, 0.29) is 0 Å². The summed E-state index contributed by atoms with van der Waals surface area (Å²) < 4.78 is 64.5. The van der Waals surface area contributed by atoms with Crippen molar-refractivity contribution in [1.82, 2.24) is 4.98 Å². The van der Waals surface area contributed by atoms with Gasteiger partial charge in [-0.1, -0.05) is 0 Å². The Bertz CT molecular complexity index is 491. The molecule has 0 saturated carbocycles. The second-order valence-electron chi connectivity index (χ2n) is 3.11. The van der Waals surface area contributed by atoms with E-state index in [1.54, 1.807) is 0 Å². The van der Waals surface area contributed by atoms with Crippen LogP contribution in [0.15, 0.2) is 6.20 Å². The molecule has 0 saturated heterocycles. The van der Waals surface area contributed by atoms with Gasteiger partial charge in [0.05, 0.1) is 17.1 Å². The molecule has 0 atom stereocenters. The number of nitrogens with zero attached hydrogens (tertiary/aromatic N) is 2. The number of halogens is 5. The monoisotopic (exact) mass is 288 g/mol. The van der Waals surface area contributed by atoms with Crippen molar-refractivity contribution < 1.29 is 36.7 Å². The minimum atomic E-state index is -5.33. The van der Waals surface area contributed by atoms with Gasteiger partial charge in [-0.15, -0.1) is 13.2 Å². The first-order chi connectivity index (χ1) is 8.67. The van der Waals surface area contributed by atoms with Gasteiger partial charge in [-0.05, 0) is 0 Å². The van der Waals surface area contributed by atoms with Crippen molar-refractivity contribution in [1.29, 1.82) is 0 Å². The number of aliphatic hydroxyl groups is 1. The van der Waals surface area contributed by atoms with E-state index in [9.17, 15) is 32.1 Å². The van der Waals surface area contributed by atoms with Gasteiger partial charge in [0.15, 0.2) is 5.56 Å². The molecule has 106 valence electrons. The molecule has 0 bridgehead atoms. The second-order valence-corrected chi connectivity index (χ2v) is 3.11. The lowest BCUT2D eigenvalue weighted by molar-refractivity contribution is -0.387. The standard InChI is InChI=1S/C8H5F5N2O4/c9-6(10)4-5(15(17)18)3(2-16)1-14-7(4)19-8(11,12)13/h1,6,16H,2H2. The molecule has 0 aliphatic carbocycles. The van der Waals surface area contributed by atoms with Crippen LogP contribution < -0.4 is 4.74 Å². The zero-order valence-electron chi connectivity index (χ0n) is 8.82. The molecule has 6 nitrogen and oxygen atoms in total. The first kappa shape index (κ1) is 15.0. The highest BCUT2D eigenvalue weighted by Crippen LogP contribution is 2.39. The predicted molar refractivity (Wildman–Crippen MR) is 48.5 cm³/mol. The van der Waals surface area contributed by atoms with E-state index in [4.69, 9.17) is 5.11 Å². The molecule has 0 fully saturated rings. The number of pyridine rings is 1. The van der Waals surface area contributed by atoms with Crippen molar-refractivity contribution in [2.75, 3.05) is 0 Å². The summed E-state index contributed by atoms with van der Waals surface area (Å²) in [6.45, 7) is -1.03. The Morgan fingerprint density at radius 2 is 2.05 bits per heavy atom. The SMILES string of the molecule is O=[N+]([O-])c1c(CO)cnc(OC(F)(F)F)c1C(F)F. The summed E-state index contributed by atoms with van der Waals surface area (Å²) in [6.07, 6.45) is -8.49. The molecule has 0 unspecified atom stereocenters. The number of aliphatic hydroxyl groups excluding tert-OH is 1. The number of hydrogen-bond acceptors (Lipinski definition) is 5. The lowest BCUT2D eigenvalue weighted by Crippen LogP contribution is -2.20. The third kappa shape index (κ3) is 3.47. The zero-order chi connectivity index (χ0) is 14.8. The van der Waals surface area contributed by atoms with Gasteiger partial charge >= 0.3 is 6.36 Å². The van der Waals surface area contributed by atoms with Crippen LogP contribution in [0.3, 0.4) is 0 Å². The maximum atomic E-state index is 12.7. The van der Waals surface area contributed by atoms with E-state index >= 15 is 0 Å². The highest BCUT2D eigenvalue weighted by molar-refractivity contribution is 5.52. The minimum absolute atomic E-state index is 0.463. The average Bonchev–Trinajstić information content (AvgIpc) is 2.25. The smallest absolute Gasteiger partial charge is 0.391 e. The molecule has 1 aromatic rings. The highest BCUT2D eigenvalue weighted by atomic mass is 19.4. The molecule has 1 rings (SSSR count). The van der Waals surface area contributed by atoms with Crippen molar-refractivity contribution in [2.45, 2.75) is 19.4 Å². The van der Waals surface area contributed by atoms with Crippen LogP contribution in [0, 0.1) is 10.1 Å². The summed E-state index contributed by atoms with van der Waals surface area (Å²) in [5.74, 6) is -1.62. The fraction of sp³-hybridized carbons (Fsp3) is 0.375. The molecule has 1 heterocycles. The number of alkyl halides is 5. The van der Waals surface area contributed by atoms with E-state index < -0.39 is 47.0 Å². The van der Waals surface area contributed by atoms with Crippen LogP contribution in [-0.2, 0) is 6.61 Å². The maximum Gasteiger partial charge on any atom is 0.574 e. The minimum Gasteiger partial charge on any atom is -0.391 e. The highest BCUT2D eigenvalue weighted by Gasteiger charge is 2.38. The summed E-state index contributed by atoms with van der Waals surface area (Å²) in [5.41, 5.74) is -3.63. The molecule has 19 heavy (non-hydrogen) atoms. The first-order valence-electron chi connectivity index (χ1n) is 4.48. The molecule has 11 heteroatoms. The number of rotatable bonds is 4. The summed E-state index contributed by atoms with van der Waals surface area (Å²) in [7, 11) is 0. The van der Waals surface area contributed by atoms with E-state index in [1.165, 1.54) is 0 Å². The van der Waals surface area contributed by atoms with E-state index in [2.05, 4.69) is 9.72 Å². The molecule has 0 spiro atoms. The van der Waals surface area contributed by atoms with Gasteiger partial charge in [-0.2, -0.15) is 0 Å². The van der Waals surface area contributed by atoms with Gasteiger partial charge in [0.1, 0.15) is 0 Å². The fourth-order valence-corrected chi connectivity index (χ4v) is 1.26. The van der Waals surface area contributed by atoms with Crippen molar-refractivity contribution >= 4 is 5.69 Å². The molecule has 1 N–H and O–H groups in total. The fourth-order valence-electron chi connectivity index (χ4n) is 1.26. The summed E-state index contributed by atoms with van der Waals surface area (Å²) in [4.78, 5) is 12.2. The predicted octanol–water partition coefficient (Wildman–Crippen LogP) is 2.32. The van der Waals surface area contributed by atoms with Gasteiger partial charge in [-0.3, -0.25) is 10.1 Å². The second kappa shape index (κ2) is 5.30. The normalized spacial score (nSPS) is 11.7. The summed E-state index contributed by atoms with van der Waals surface area (Å²) in [5, 5.41) is 19.4. The van der Waals surface area contributed by atoms with Crippen molar-refractivity contribution in [3.8, 4) is 5.88 Å². The Hall–Kier alpha value is -2.04. The Labute approximate surface area is 101 Å². The van der Waals surface area contributed by atoms with Crippen LogP contribution >= 0.6 is 0 Å². The summed E-state index contributed by atoms with van der Waals surface area (Å²) >= 11 is 0. The molecule has 1 aromatic heterocycles. The van der Waals surface area contributed by atoms with Gasteiger partial charge in [0.25, 0.3) is 12.1 Å². The van der Waals surface area contributed by atoms with E-state index in [0.29, 0.717) is 6.20 Å². The lowest BCUT2D eigenvalue weighted by Gasteiger charge is -2.13. The van der Waals surface area contributed by atoms with Crippen LogP contribution in [0.4, 0.5) is 27.6 Å². The quantitative estimate of drug-likeness (QED) is 0.522. The summed E-state index contributed by atoms with van der Waals surface area (Å²) in [6, 6.07) is 0. The molecule has 0 aliphatic heterocycles. The Kier molecular flexibility index (Phi) is 4.19. The molecular weight excluding hydrogens is 283 g/mol. The third-order valence-electron chi connectivity index (χ3n) is 1.91. The van der Waals surface area contributed by atoms with Gasteiger partial charge < -0.3 is 9.84 Å². The van der Waals surface area contributed by atoms with Crippen LogP contribution in [0.25, 0.3) is 0 Å². The Morgan fingerprint density at radius 1 is 1.47 bits per heavy atom. The van der Waals surface area contributed by atoms with Crippen LogP contribution in [0.1, 0.15) is 17.6 Å². The van der Waals surface area contributed by atoms with Crippen LogP contribution in [0.2, 0.25) is 0 Å². The lowest BCUT2D eigenvalue weighted by atomic mass is 10.1. The largest absolute Gasteiger partial charge is 0.574 e. The number of aromatic nitrogens is 1. The number of nitro groups is 1. The number of ether oxygens (including phenoxy) is 1. The molecule has 0 aromatic carbocycles. The van der Waals surface area contributed by atoms with Crippen LogP contribution in [-0.4, -0.2) is 21.4 Å². The van der Waals surface area contributed by atoms with Crippen molar-refractivity contribution in [2.24, 2.45) is 0 Å². The Balaban J connectivity index is 3.49. The molecular formula is C8H5F5N2O4. The third-order valence-corrected chi connectivity index (χ3v) is 1.91. The van der Waals surface area contributed by atoms with E-state index in [1.807, 2.05) is 0 Å². The number of hydrogen-bond donors (Lipinski definition) is 1.